The van der Waals surface area contributed by atoms with Crippen molar-refractivity contribution in [2.24, 2.45) is 0 Å². The van der Waals surface area contributed by atoms with Gasteiger partial charge in [-0.3, -0.25) is 0 Å². The molecular formula is C15H20. The Kier molecular flexibility index (Phi) is 3.18. The summed E-state index contributed by atoms with van der Waals surface area (Å²) >= 11 is 0. The summed E-state index contributed by atoms with van der Waals surface area (Å²) in [7, 11) is 0. The van der Waals surface area contributed by atoms with Crippen molar-refractivity contribution in [2.45, 2.75) is 34.6 Å². The maximum Gasteiger partial charge on any atom is -0.0119 e. The van der Waals surface area contributed by atoms with Crippen molar-refractivity contribution < 1.29 is 0 Å². The van der Waals surface area contributed by atoms with E-state index in [-0.39, 0.29) is 14.9 Å². The number of rotatable bonds is 0. The van der Waals surface area contributed by atoms with Gasteiger partial charge in [0.05, 0.1) is 0 Å². The van der Waals surface area contributed by atoms with E-state index in [0.29, 0.717) is 0 Å². The van der Waals surface area contributed by atoms with Crippen molar-refractivity contribution in [1.29, 1.82) is 0 Å². The lowest BCUT2D eigenvalue weighted by Crippen LogP contribution is -1.80. The molecule has 0 N–H and O–H groups in total. The molecule has 3 rings (SSSR count). The number of aryl methyl sites for hydroxylation is 3. The normalized spacial score (nSPS) is 12.1. The molecule has 0 unspecified atom stereocenters. The predicted molar refractivity (Wildman–Crippen MR) is 69.6 cm³/mol. The van der Waals surface area contributed by atoms with Crippen LogP contribution in [0.2, 0.25) is 0 Å². The summed E-state index contributed by atoms with van der Waals surface area (Å²) in [4.78, 5) is 0. The first kappa shape index (κ1) is 11.8. The second kappa shape index (κ2) is 4.06. The van der Waals surface area contributed by atoms with Gasteiger partial charge in [0, 0.05) is 0 Å². The van der Waals surface area contributed by atoms with Crippen LogP contribution in [-0.2, 0) is 12.8 Å². The van der Waals surface area contributed by atoms with Crippen molar-refractivity contribution in [3.63, 3.8) is 0 Å². The van der Waals surface area contributed by atoms with Gasteiger partial charge in [-0.25, -0.2) is 0 Å². The van der Waals surface area contributed by atoms with Crippen molar-refractivity contribution in [3.8, 4) is 0 Å². The van der Waals surface area contributed by atoms with E-state index in [9.17, 15) is 0 Å². The van der Waals surface area contributed by atoms with E-state index in [0.717, 1.165) is 0 Å². The van der Waals surface area contributed by atoms with Gasteiger partial charge in [0.25, 0.3) is 0 Å². The largest absolute Gasteiger partial charge is 0.0776 e. The highest BCUT2D eigenvalue weighted by molar-refractivity contribution is 5.91. The summed E-state index contributed by atoms with van der Waals surface area (Å²) in [6.45, 7) is 2.18. The first-order chi connectivity index (χ1) is 6.34. The molecule has 80 valence electrons. The zero-order valence-corrected chi connectivity index (χ0v) is 7.80. The van der Waals surface area contributed by atoms with Crippen molar-refractivity contribution >= 4 is 10.8 Å². The number of benzene rings is 2. The van der Waals surface area contributed by atoms with Gasteiger partial charge < -0.3 is 0 Å². The summed E-state index contributed by atoms with van der Waals surface area (Å²) < 4.78 is 0. The molecule has 1 aliphatic carbocycles. The molecule has 0 aromatic heterocycles. The van der Waals surface area contributed by atoms with E-state index in [2.05, 4.69) is 37.3 Å². The molecule has 2 aromatic carbocycles. The fourth-order valence-electron chi connectivity index (χ4n) is 2.44. The van der Waals surface area contributed by atoms with Gasteiger partial charge in [-0.15, -0.1) is 0 Å². The first-order valence-electron chi connectivity index (χ1n) is 4.86. The van der Waals surface area contributed by atoms with Crippen LogP contribution in [0.1, 0.15) is 31.5 Å². The molecule has 0 bridgehead atoms. The average Bonchev–Trinajstić information content (AvgIpc) is 2.50. The highest BCUT2D eigenvalue weighted by Gasteiger charge is 2.13. The van der Waals surface area contributed by atoms with Gasteiger partial charge in [0.1, 0.15) is 0 Å². The van der Waals surface area contributed by atoms with Crippen LogP contribution < -0.4 is 0 Å². The third-order valence-corrected chi connectivity index (χ3v) is 2.95. The zero-order valence-electron chi connectivity index (χ0n) is 7.80. The summed E-state index contributed by atoms with van der Waals surface area (Å²) in [5, 5.41) is 2.94. The first-order valence-corrected chi connectivity index (χ1v) is 4.86. The summed E-state index contributed by atoms with van der Waals surface area (Å²) in [5.74, 6) is 0. The molecular weight excluding hydrogens is 180 g/mol. The highest BCUT2D eigenvalue weighted by atomic mass is 14.2. The molecule has 15 heavy (non-hydrogen) atoms. The van der Waals surface area contributed by atoms with Crippen LogP contribution in [0.3, 0.4) is 0 Å². The maximum atomic E-state index is 2.33. The molecule has 0 spiro atoms. The Hall–Kier alpha value is -1.30. The van der Waals surface area contributed by atoms with Crippen LogP contribution >= 0.6 is 0 Å². The Morgan fingerprint density at radius 3 is 2.47 bits per heavy atom. The van der Waals surface area contributed by atoms with Crippen LogP contribution in [0, 0.1) is 6.92 Å². The Morgan fingerprint density at radius 1 is 0.933 bits per heavy atom. The van der Waals surface area contributed by atoms with E-state index in [1.165, 1.54) is 34.7 Å². The Balaban J connectivity index is 0.000000562. The van der Waals surface area contributed by atoms with Crippen molar-refractivity contribution in [2.75, 3.05) is 0 Å². The molecule has 0 saturated carbocycles. The summed E-state index contributed by atoms with van der Waals surface area (Å²) in [6, 6.07) is 11.3. The lowest BCUT2D eigenvalue weighted by molar-refractivity contribution is 1.02. The van der Waals surface area contributed by atoms with E-state index in [1.54, 1.807) is 5.56 Å². The third-order valence-electron chi connectivity index (χ3n) is 2.95. The fourth-order valence-corrected chi connectivity index (χ4v) is 2.44. The molecule has 0 nitrogen and oxygen atoms in total. The Bertz CT molecular complexity index is 481. The number of hydrogen-bond acceptors (Lipinski definition) is 0. The number of hydrogen-bond donors (Lipinski definition) is 0. The Morgan fingerprint density at radius 2 is 1.67 bits per heavy atom. The predicted octanol–water partition coefficient (Wildman–Crippen LogP) is 4.52. The SMILES string of the molecule is C.C.Cc1cc2c3c(cccc3c1)CC2. The second-order valence-electron chi connectivity index (χ2n) is 3.94. The van der Waals surface area contributed by atoms with Crippen LogP contribution in [0.4, 0.5) is 0 Å². The topological polar surface area (TPSA) is 0 Å². The Labute approximate surface area is 92.9 Å². The van der Waals surface area contributed by atoms with Gasteiger partial charge in [0.2, 0.25) is 0 Å². The van der Waals surface area contributed by atoms with Crippen LogP contribution in [-0.4, -0.2) is 0 Å². The molecule has 0 fully saturated rings. The summed E-state index contributed by atoms with van der Waals surface area (Å²) in [6.07, 6.45) is 2.47. The molecule has 0 amide bonds. The van der Waals surface area contributed by atoms with Crippen LogP contribution in [0.5, 0.6) is 0 Å². The molecule has 0 heteroatoms. The maximum absolute atomic E-state index is 2.33. The van der Waals surface area contributed by atoms with Crippen molar-refractivity contribution in [1.82, 2.24) is 0 Å². The van der Waals surface area contributed by atoms with Crippen LogP contribution in [0.25, 0.3) is 10.8 Å². The third kappa shape index (κ3) is 1.65. The minimum Gasteiger partial charge on any atom is -0.0776 e. The van der Waals surface area contributed by atoms with Gasteiger partial charge in [-0.2, -0.15) is 0 Å². The van der Waals surface area contributed by atoms with Gasteiger partial charge in [0.15, 0.2) is 0 Å². The summed E-state index contributed by atoms with van der Waals surface area (Å²) in [5.41, 5.74) is 4.47. The van der Waals surface area contributed by atoms with Gasteiger partial charge in [-0.1, -0.05) is 50.7 Å². The molecule has 0 aliphatic heterocycles. The van der Waals surface area contributed by atoms with E-state index < -0.39 is 0 Å². The minimum atomic E-state index is 0. The van der Waals surface area contributed by atoms with E-state index in [1.807, 2.05) is 0 Å². The monoisotopic (exact) mass is 200 g/mol. The standard InChI is InChI=1S/C13H12.2CH4/c1-9-7-11-4-2-3-10-5-6-12(8-9)13(10)11;;/h2-4,7-8H,5-6H2,1H3;2*1H4. The van der Waals surface area contributed by atoms with Crippen LogP contribution in [0.15, 0.2) is 30.3 Å². The second-order valence-corrected chi connectivity index (χ2v) is 3.94. The van der Waals surface area contributed by atoms with E-state index in [4.69, 9.17) is 0 Å². The molecule has 0 radical (unpaired) electrons. The molecule has 1 aliphatic rings. The molecule has 0 saturated heterocycles. The van der Waals surface area contributed by atoms with Gasteiger partial charge in [-0.05, 0) is 41.7 Å². The lowest BCUT2D eigenvalue weighted by Gasteiger charge is -2.02. The smallest absolute Gasteiger partial charge is 0.0119 e. The molecule has 2 aromatic rings. The fraction of sp³-hybridized carbons (Fsp3) is 0.333. The lowest BCUT2D eigenvalue weighted by atomic mass is 10.0. The average molecular weight is 200 g/mol. The van der Waals surface area contributed by atoms with Gasteiger partial charge >= 0.3 is 0 Å². The van der Waals surface area contributed by atoms with E-state index >= 15 is 0 Å². The quantitative estimate of drug-likeness (QED) is 0.586. The zero-order chi connectivity index (χ0) is 8.84. The molecule has 0 atom stereocenters. The van der Waals surface area contributed by atoms with Crippen molar-refractivity contribution in [3.05, 3.63) is 47.0 Å². The highest BCUT2D eigenvalue weighted by Crippen LogP contribution is 2.31. The molecule has 0 heterocycles. The minimum absolute atomic E-state index is 0.